The van der Waals surface area contributed by atoms with E-state index in [4.69, 9.17) is 5.84 Å². The molecule has 100 valence electrons. The van der Waals surface area contributed by atoms with Crippen LogP contribution in [0, 0.1) is 5.82 Å². The molecule has 3 N–H and O–H groups in total. The van der Waals surface area contributed by atoms with Crippen molar-refractivity contribution in [3.05, 3.63) is 68.4 Å². The first kappa shape index (κ1) is 14.7. The van der Waals surface area contributed by atoms with Crippen LogP contribution in [0.4, 0.5) is 4.39 Å². The number of hydrogen-bond acceptors (Lipinski definition) is 2. The van der Waals surface area contributed by atoms with Crippen LogP contribution >= 0.6 is 31.9 Å². The van der Waals surface area contributed by atoms with Gasteiger partial charge in [-0.2, -0.15) is 0 Å². The zero-order valence-electron chi connectivity index (χ0n) is 10.0. The summed E-state index contributed by atoms with van der Waals surface area (Å²) >= 11 is 6.67. The highest BCUT2D eigenvalue weighted by Crippen LogP contribution is 2.24. The van der Waals surface area contributed by atoms with E-state index in [0.29, 0.717) is 16.5 Å². The van der Waals surface area contributed by atoms with E-state index in [-0.39, 0.29) is 11.9 Å². The second kappa shape index (κ2) is 6.61. The van der Waals surface area contributed by atoms with Crippen molar-refractivity contribution in [2.45, 2.75) is 12.5 Å². The first-order valence-electron chi connectivity index (χ1n) is 5.75. The Morgan fingerprint density at radius 3 is 2.47 bits per heavy atom. The zero-order valence-corrected chi connectivity index (χ0v) is 13.2. The molecule has 1 unspecified atom stereocenters. The SMILES string of the molecule is NNC(Cc1cccc(Br)c1)c1ccc(Br)cc1F. The normalized spacial score (nSPS) is 12.4. The molecule has 1 atom stereocenters. The summed E-state index contributed by atoms with van der Waals surface area (Å²) in [5, 5.41) is 0. The smallest absolute Gasteiger partial charge is 0.129 e. The Labute approximate surface area is 128 Å². The second-order valence-electron chi connectivity index (χ2n) is 4.22. The summed E-state index contributed by atoms with van der Waals surface area (Å²) in [5.74, 6) is 5.29. The molecule has 0 fully saturated rings. The van der Waals surface area contributed by atoms with Crippen molar-refractivity contribution >= 4 is 31.9 Å². The average molecular weight is 388 g/mol. The van der Waals surface area contributed by atoms with Crippen LogP contribution in [0.5, 0.6) is 0 Å². The van der Waals surface area contributed by atoms with Gasteiger partial charge in [0.15, 0.2) is 0 Å². The van der Waals surface area contributed by atoms with Crippen LogP contribution in [0.2, 0.25) is 0 Å². The monoisotopic (exact) mass is 386 g/mol. The number of halogens is 3. The van der Waals surface area contributed by atoms with Gasteiger partial charge in [-0.1, -0.05) is 50.1 Å². The summed E-state index contributed by atoms with van der Waals surface area (Å²) in [6, 6.07) is 12.6. The molecule has 0 saturated carbocycles. The summed E-state index contributed by atoms with van der Waals surface area (Å²) in [6.07, 6.45) is 0.620. The maximum atomic E-state index is 13.9. The maximum absolute atomic E-state index is 13.9. The van der Waals surface area contributed by atoms with Crippen LogP contribution in [-0.2, 0) is 6.42 Å². The molecular formula is C14H13Br2FN2. The van der Waals surface area contributed by atoms with Gasteiger partial charge in [0.2, 0.25) is 0 Å². The molecule has 0 spiro atoms. The fraction of sp³-hybridized carbons (Fsp3) is 0.143. The molecule has 5 heteroatoms. The lowest BCUT2D eigenvalue weighted by molar-refractivity contribution is 0.510. The molecule has 2 rings (SSSR count). The molecule has 2 aromatic carbocycles. The fourth-order valence-electron chi connectivity index (χ4n) is 1.94. The number of rotatable bonds is 4. The van der Waals surface area contributed by atoms with Crippen molar-refractivity contribution in [1.82, 2.24) is 5.43 Å². The molecule has 19 heavy (non-hydrogen) atoms. The molecule has 0 saturated heterocycles. The van der Waals surface area contributed by atoms with Crippen molar-refractivity contribution in [3.63, 3.8) is 0 Å². The molecule has 0 aliphatic rings. The van der Waals surface area contributed by atoms with Gasteiger partial charge < -0.3 is 0 Å². The van der Waals surface area contributed by atoms with E-state index >= 15 is 0 Å². The van der Waals surface area contributed by atoms with Gasteiger partial charge >= 0.3 is 0 Å². The Morgan fingerprint density at radius 2 is 1.84 bits per heavy atom. The average Bonchev–Trinajstić information content (AvgIpc) is 2.37. The number of nitrogens with one attached hydrogen (secondary N) is 1. The van der Waals surface area contributed by atoms with Crippen LogP contribution in [-0.4, -0.2) is 0 Å². The van der Waals surface area contributed by atoms with Crippen LogP contribution < -0.4 is 11.3 Å². The highest BCUT2D eigenvalue weighted by Gasteiger charge is 2.15. The highest BCUT2D eigenvalue weighted by molar-refractivity contribution is 9.10. The van der Waals surface area contributed by atoms with Gasteiger partial charge in [0, 0.05) is 14.5 Å². The quantitative estimate of drug-likeness (QED) is 0.612. The molecule has 2 aromatic rings. The summed E-state index contributed by atoms with van der Waals surface area (Å²) in [7, 11) is 0. The van der Waals surface area contributed by atoms with E-state index in [1.807, 2.05) is 30.3 Å². The molecule has 0 radical (unpaired) electrons. The first-order valence-corrected chi connectivity index (χ1v) is 7.34. The van der Waals surface area contributed by atoms with Crippen LogP contribution in [0.1, 0.15) is 17.2 Å². The van der Waals surface area contributed by atoms with Crippen molar-refractivity contribution in [3.8, 4) is 0 Å². The number of benzene rings is 2. The Bertz CT molecular complexity index is 575. The van der Waals surface area contributed by atoms with Gasteiger partial charge in [0.25, 0.3) is 0 Å². The molecule has 0 heterocycles. The third-order valence-electron chi connectivity index (χ3n) is 2.87. The molecule has 0 aliphatic carbocycles. The van der Waals surface area contributed by atoms with E-state index in [9.17, 15) is 4.39 Å². The Hall–Kier alpha value is -0.750. The van der Waals surface area contributed by atoms with Gasteiger partial charge in [0.1, 0.15) is 5.82 Å². The van der Waals surface area contributed by atoms with Crippen LogP contribution in [0.3, 0.4) is 0 Å². The van der Waals surface area contributed by atoms with E-state index in [1.54, 1.807) is 6.07 Å². The topological polar surface area (TPSA) is 38.0 Å². The van der Waals surface area contributed by atoms with E-state index in [0.717, 1.165) is 10.0 Å². The van der Waals surface area contributed by atoms with Crippen LogP contribution in [0.15, 0.2) is 51.4 Å². The highest BCUT2D eigenvalue weighted by atomic mass is 79.9. The van der Waals surface area contributed by atoms with Crippen molar-refractivity contribution in [1.29, 1.82) is 0 Å². The molecule has 2 nitrogen and oxygen atoms in total. The minimum absolute atomic E-state index is 0.262. The Balaban J connectivity index is 2.25. The summed E-state index contributed by atoms with van der Waals surface area (Å²) < 4.78 is 15.6. The lowest BCUT2D eigenvalue weighted by Crippen LogP contribution is -2.30. The standard InChI is InChI=1S/C14H13Br2FN2/c15-10-3-1-2-9(6-10)7-14(19-18)12-5-4-11(16)8-13(12)17/h1-6,8,14,19H,7,18H2. The minimum atomic E-state index is -0.271. The summed E-state index contributed by atoms with van der Waals surface area (Å²) in [5.41, 5.74) is 4.32. The van der Waals surface area contributed by atoms with Gasteiger partial charge in [-0.05, 0) is 36.2 Å². The predicted octanol–water partition coefficient (Wildman–Crippen LogP) is 4.10. The van der Waals surface area contributed by atoms with Gasteiger partial charge in [-0.15, -0.1) is 0 Å². The Morgan fingerprint density at radius 1 is 1.11 bits per heavy atom. The molecule has 0 aliphatic heterocycles. The third-order valence-corrected chi connectivity index (χ3v) is 3.85. The second-order valence-corrected chi connectivity index (χ2v) is 6.05. The fourth-order valence-corrected chi connectivity index (χ4v) is 2.72. The van der Waals surface area contributed by atoms with Crippen molar-refractivity contribution in [2.24, 2.45) is 5.84 Å². The number of hydrazine groups is 1. The van der Waals surface area contributed by atoms with Gasteiger partial charge in [0.05, 0.1) is 6.04 Å². The van der Waals surface area contributed by atoms with Gasteiger partial charge in [-0.25, -0.2) is 4.39 Å². The van der Waals surface area contributed by atoms with E-state index < -0.39 is 0 Å². The Kier molecular flexibility index (Phi) is 5.10. The molecule has 0 amide bonds. The third kappa shape index (κ3) is 3.86. The molecule has 0 aromatic heterocycles. The zero-order chi connectivity index (χ0) is 13.8. The number of nitrogens with two attached hydrogens (primary N) is 1. The lowest BCUT2D eigenvalue weighted by atomic mass is 9.99. The van der Waals surface area contributed by atoms with Crippen molar-refractivity contribution in [2.75, 3.05) is 0 Å². The predicted molar refractivity (Wildman–Crippen MR) is 82.0 cm³/mol. The largest absolute Gasteiger partial charge is 0.271 e. The summed E-state index contributed by atoms with van der Waals surface area (Å²) in [4.78, 5) is 0. The molecular weight excluding hydrogens is 375 g/mol. The first-order chi connectivity index (χ1) is 9.10. The van der Waals surface area contributed by atoms with Gasteiger partial charge in [-0.3, -0.25) is 11.3 Å². The van der Waals surface area contributed by atoms with E-state index in [2.05, 4.69) is 37.3 Å². The minimum Gasteiger partial charge on any atom is -0.271 e. The maximum Gasteiger partial charge on any atom is 0.129 e. The molecule has 0 bridgehead atoms. The van der Waals surface area contributed by atoms with E-state index in [1.165, 1.54) is 6.07 Å². The van der Waals surface area contributed by atoms with Crippen molar-refractivity contribution < 1.29 is 4.39 Å². The summed E-state index contributed by atoms with van der Waals surface area (Å²) in [6.45, 7) is 0. The van der Waals surface area contributed by atoms with Crippen LogP contribution in [0.25, 0.3) is 0 Å². The lowest BCUT2D eigenvalue weighted by Gasteiger charge is -2.17. The number of hydrogen-bond donors (Lipinski definition) is 2.